The van der Waals surface area contributed by atoms with E-state index in [9.17, 15) is 19.8 Å². The molecule has 7 nitrogen and oxygen atoms in total. The van der Waals surface area contributed by atoms with Crippen LogP contribution in [0.3, 0.4) is 0 Å². The third kappa shape index (κ3) is 5.81. The molecule has 0 bridgehead atoms. The minimum atomic E-state index is -0.648. The summed E-state index contributed by atoms with van der Waals surface area (Å²) in [6, 6.07) is 13.6. The zero-order chi connectivity index (χ0) is 22.4. The fraction of sp³-hybridized carbons (Fsp3) is 0. The van der Waals surface area contributed by atoms with Gasteiger partial charge in [-0.05, 0) is 67.6 Å². The number of phenols is 2. The lowest BCUT2D eigenvalue weighted by molar-refractivity contribution is -0.117. The van der Waals surface area contributed by atoms with Crippen LogP contribution in [0.5, 0.6) is 11.5 Å². The van der Waals surface area contributed by atoms with Gasteiger partial charge in [0.05, 0.1) is 10.7 Å². The number of amides is 2. The van der Waals surface area contributed by atoms with E-state index in [1.807, 2.05) is 11.4 Å². The molecule has 0 atom stereocenters. The Labute approximate surface area is 198 Å². The lowest BCUT2D eigenvalue weighted by Gasteiger charge is -2.09. The van der Waals surface area contributed by atoms with Crippen molar-refractivity contribution in [3.05, 3.63) is 84.6 Å². The first-order chi connectivity index (χ1) is 14.9. The summed E-state index contributed by atoms with van der Waals surface area (Å²) in [6.07, 6.45) is 2.76. The van der Waals surface area contributed by atoms with Crippen LogP contribution in [0.1, 0.15) is 20.8 Å². The Morgan fingerprint density at radius 2 is 1.77 bits per heavy atom. The molecule has 10 heteroatoms. The van der Waals surface area contributed by atoms with Crippen molar-refractivity contribution in [1.29, 1.82) is 0 Å². The van der Waals surface area contributed by atoms with Crippen molar-refractivity contribution in [2.75, 3.05) is 0 Å². The maximum absolute atomic E-state index is 12.7. The topological polar surface area (TPSA) is 111 Å². The number of thiophene rings is 1. The monoisotopic (exact) mass is 563 g/mol. The maximum Gasteiger partial charge on any atom is 0.287 e. The van der Waals surface area contributed by atoms with Crippen LogP contribution in [0, 0.1) is 0 Å². The Balaban J connectivity index is 1.79. The molecule has 4 N–H and O–H groups in total. The Morgan fingerprint density at radius 1 is 1.03 bits per heavy atom. The summed E-state index contributed by atoms with van der Waals surface area (Å²) >= 11 is 7.64. The van der Waals surface area contributed by atoms with Crippen LogP contribution >= 0.6 is 43.2 Å². The quantitative estimate of drug-likeness (QED) is 0.199. The second-order valence-electron chi connectivity index (χ2n) is 6.05. The average molecular weight is 565 g/mol. The number of carbonyl (C=O) groups excluding carboxylic acids is 2. The van der Waals surface area contributed by atoms with Crippen molar-refractivity contribution in [3.8, 4) is 11.5 Å². The third-order valence-electron chi connectivity index (χ3n) is 3.93. The number of nitrogens with one attached hydrogen (secondary N) is 2. The molecule has 2 aromatic carbocycles. The predicted molar refractivity (Wildman–Crippen MR) is 127 cm³/mol. The second-order valence-corrected chi connectivity index (χ2v) is 8.68. The molecule has 0 aliphatic rings. The van der Waals surface area contributed by atoms with Crippen molar-refractivity contribution in [2.45, 2.75) is 0 Å². The summed E-state index contributed by atoms with van der Waals surface area (Å²) < 4.78 is 0.418. The van der Waals surface area contributed by atoms with Crippen LogP contribution in [-0.4, -0.2) is 28.2 Å². The highest BCUT2D eigenvalue weighted by Crippen LogP contribution is 2.40. The number of halogens is 2. The summed E-state index contributed by atoms with van der Waals surface area (Å²) in [4.78, 5) is 25.9. The SMILES string of the molecule is O=C(NN=Cc1cc(Br)c(O)c(Br)c1O)C(=Cc1cccs1)NC(=O)c1ccccc1. The molecule has 31 heavy (non-hydrogen) atoms. The van der Waals surface area contributed by atoms with E-state index in [-0.39, 0.29) is 27.2 Å². The largest absolute Gasteiger partial charge is 0.506 e. The lowest BCUT2D eigenvalue weighted by atomic mass is 10.2. The van der Waals surface area contributed by atoms with Gasteiger partial charge in [0.1, 0.15) is 21.7 Å². The standard InChI is InChI=1S/C21H15Br2N3O4S/c22-15-9-13(18(27)17(23)19(15)28)11-24-26-21(30)16(10-14-7-4-8-31-14)25-20(29)12-5-2-1-3-6-12/h1-11,27-28H,(H,25,29)(H,26,30). The molecule has 0 radical (unpaired) electrons. The van der Waals surface area contributed by atoms with Crippen LogP contribution in [0.25, 0.3) is 6.08 Å². The predicted octanol–water partition coefficient (Wildman–Crippen LogP) is 4.61. The van der Waals surface area contributed by atoms with Gasteiger partial charge in [-0.2, -0.15) is 5.10 Å². The molecule has 0 aliphatic carbocycles. The summed E-state index contributed by atoms with van der Waals surface area (Å²) in [6.45, 7) is 0. The lowest BCUT2D eigenvalue weighted by Crippen LogP contribution is -2.32. The molecule has 0 fully saturated rings. The van der Waals surface area contributed by atoms with Crippen molar-refractivity contribution >= 4 is 67.3 Å². The van der Waals surface area contributed by atoms with Crippen molar-refractivity contribution in [3.63, 3.8) is 0 Å². The molecule has 0 saturated heterocycles. The molecular formula is C21H15Br2N3O4S. The van der Waals surface area contributed by atoms with Gasteiger partial charge in [-0.15, -0.1) is 11.3 Å². The Hall–Kier alpha value is -2.95. The van der Waals surface area contributed by atoms with Gasteiger partial charge >= 0.3 is 0 Å². The smallest absolute Gasteiger partial charge is 0.287 e. The number of aromatic hydroxyl groups is 2. The molecule has 3 aromatic rings. The van der Waals surface area contributed by atoms with Crippen LogP contribution in [0.4, 0.5) is 0 Å². The van der Waals surface area contributed by atoms with Crippen LogP contribution in [0.2, 0.25) is 0 Å². The Bertz CT molecular complexity index is 1160. The van der Waals surface area contributed by atoms with E-state index >= 15 is 0 Å². The molecule has 1 heterocycles. The minimum absolute atomic E-state index is 0.00532. The first-order valence-corrected chi connectivity index (χ1v) is 11.2. The summed E-state index contributed by atoms with van der Waals surface area (Å²) in [5.41, 5.74) is 2.98. The van der Waals surface area contributed by atoms with Gasteiger partial charge in [0.15, 0.2) is 0 Å². The van der Waals surface area contributed by atoms with E-state index in [0.29, 0.717) is 10.0 Å². The normalized spacial score (nSPS) is 11.5. The zero-order valence-corrected chi connectivity index (χ0v) is 19.7. The number of hydrazone groups is 1. The van der Waals surface area contributed by atoms with Gasteiger partial charge in [-0.1, -0.05) is 24.3 Å². The van der Waals surface area contributed by atoms with E-state index in [4.69, 9.17) is 0 Å². The fourth-order valence-corrected chi connectivity index (χ4v) is 4.20. The summed E-state index contributed by atoms with van der Waals surface area (Å²) in [5.74, 6) is -1.49. The van der Waals surface area contributed by atoms with Gasteiger partial charge in [0, 0.05) is 16.0 Å². The van der Waals surface area contributed by atoms with Gasteiger partial charge in [0.25, 0.3) is 11.8 Å². The van der Waals surface area contributed by atoms with E-state index in [1.54, 1.807) is 42.5 Å². The molecule has 1 aromatic heterocycles. The summed E-state index contributed by atoms with van der Waals surface area (Å²) in [5, 5.41) is 28.2. The summed E-state index contributed by atoms with van der Waals surface area (Å²) in [7, 11) is 0. The molecule has 0 spiro atoms. The van der Waals surface area contributed by atoms with Gasteiger partial charge in [-0.25, -0.2) is 5.43 Å². The number of carbonyl (C=O) groups is 2. The van der Waals surface area contributed by atoms with Crippen molar-refractivity contribution in [1.82, 2.24) is 10.7 Å². The average Bonchev–Trinajstić information content (AvgIpc) is 3.29. The highest BCUT2D eigenvalue weighted by molar-refractivity contribution is 9.11. The molecule has 158 valence electrons. The molecule has 3 rings (SSSR count). The first-order valence-electron chi connectivity index (χ1n) is 8.71. The minimum Gasteiger partial charge on any atom is -0.506 e. The van der Waals surface area contributed by atoms with Crippen LogP contribution in [0.15, 0.2) is 73.7 Å². The number of hydrogen-bond acceptors (Lipinski definition) is 6. The van der Waals surface area contributed by atoms with Gasteiger partial charge in [-0.3, -0.25) is 9.59 Å². The van der Waals surface area contributed by atoms with E-state index in [2.05, 4.69) is 47.7 Å². The van der Waals surface area contributed by atoms with Crippen LogP contribution in [-0.2, 0) is 4.79 Å². The number of hydrogen-bond donors (Lipinski definition) is 4. The molecular weight excluding hydrogens is 550 g/mol. The van der Waals surface area contributed by atoms with Gasteiger partial charge in [0.2, 0.25) is 0 Å². The molecule has 0 unspecified atom stereocenters. The Kier molecular flexibility index (Phi) is 7.61. The highest BCUT2D eigenvalue weighted by Gasteiger charge is 2.15. The maximum atomic E-state index is 12.7. The van der Waals surface area contributed by atoms with Crippen molar-refractivity contribution < 1.29 is 19.8 Å². The molecule has 2 amide bonds. The highest BCUT2D eigenvalue weighted by atomic mass is 79.9. The number of rotatable bonds is 6. The molecule has 0 aliphatic heterocycles. The van der Waals surface area contributed by atoms with Crippen molar-refractivity contribution in [2.24, 2.45) is 5.10 Å². The van der Waals surface area contributed by atoms with E-state index in [0.717, 1.165) is 4.88 Å². The fourth-order valence-electron chi connectivity index (χ4n) is 2.39. The second kappa shape index (κ2) is 10.4. The zero-order valence-electron chi connectivity index (χ0n) is 15.7. The van der Waals surface area contributed by atoms with E-state index in [1.165, 1.54) is 23.6 Å². The van der Waals surface area contributed by atoms with E-state index < -0.39 is 11.8 Å². The molecule has 0 saturated carbocycles. The van der Waals surface area contributed by atoms with Gasteiger partial charge < -0.3 is 15.5 Å². The number of benzene rings is 2. The third-order valence-corrected chi connectivity index (χ3v) is 6.10. The number of nitrogens with zero attached hydrogens (tertiary/aromatic N) is 1. The number of phenolic OH excluding ortho intramolecular Hbond substituents is 2. The first kappa shape index (κ1) is 22.7. The Morgan fingerprint density at radius 3 is 2.45 bits per heavy atom. The van der Waals surface area contributed by atoms with Crippen LogP contribution < -0.4 is 10.7 Å².